The molecule has 4 rings (SSSR count). The van der Waals surface area contributed by atoms with Crippen LogP contribution in [0.25, 0.3) is 5.57 Å². The molecule has 156 valence electrons. The Labute approximate surface area is 177 Å². The van der Waals surface area contributed by atoms with Crippen LogP contribution in [0.4, 0.5) is 5.69 Å². The fourth-order valence-electron chi connectivity index (χ4n) is 4.02. The molecule has 2 aliphatic rings. The Balaban J connectivity index is 1.84. The lowest BCUT2D eigenvalue weighted by molar-refractivity contribution is -0.120. The minimum Gasteiger partial charge on any atom is -0.495 e. The summed E-state index contributed by atoms with van der Waals surface area (Å²) in [7, 11) is 3.62. The molecule has 1 saturated heterocycles. The summed E-state index contributed by atoms with van der Waals surface area (Å²) in [6, 6.07) is 13.3. The number of hydrogen-bond donors (Lipinski definition) is 0. The van der Waals surface area contributed by atoms with E-state index in [-0.39, 0.29) is 11.8 Å². The average molecular weight is 405 g/mol. The first kappa shape index (κ1) is 20.2. The molecule has 30 heavy (non-hydrogen) atoms. The van der Waals surface area contributed by atoms with Crippen molar-refractivity contribution in [1.82, 2.24) is 9.80 Å². The molecule has 0 saturated carbocycles. The van der Waals surface area contributed by atoms with Gasteiger partial charge in [0.2, 0.25) is 0 Å². The number of rotatable bonds is 4. The Morgan fingerprint density at radius 2 is 1.47 bits per heavy atom. The van der Waals surface area contributed by atoms with Crippen molar-refractivity contribution in [2.75, 3.05) is 45.2 Å². The molecule has 0 aromatic heterocycles. The maximum absolute atomic E-state index is 13.7. The first-order chi connectivity index (χ1) is 14.4. The Hall–Kier alpha value is -3.12. The van der Waals surface area contributed by atoms with Crippen LogP contribution in [0, 0.1) is 13.8 Å². The van der Waals surface area contributed by atoms with Crippen LogP contribution >= 0.6 is 0 Å². The van der Waals surface area contributed by atoms with Gasteiger partial charge in [0.1, 0.15) is 11.4 Å². The number of methoxy groups -OCH3 is 1. The minimum atomic E-state index is -0.304. The van der Waals surface area contributed by atoms with Crippen LogP contribution in [0.3, 0.4) is 0 Å². The van der Waals surface area contributed by atoms with E-state index < -0.39 is 0 Å². The van der Waals surface area contributed by atoms with Gasteiger partial charge in [-0.1, -0.05) is 35.9 Å². The molecule has 2 aliphatic heterocycles. The Bertz CT molecular complexity index is 1020. The minimum absolute atomic E-state index is 0.288. The number of ether oxygens (including phenoxy) is 1. The lowest BCUT2D eigenvalue weighted by Gasteiger charge is -2.34. The lowest BCUT2D eigenvalue weighted by atomic mass is 10.0. The van der Waals surface area contributed by atoms with Crippen molar-refractivity contribution in [3.05, 3.63) is 64.9 Å². The zero-order chi connectivity index (χ0) is 21.4. The topological polar surface area (TPSA) is 53.1 Å². The molecule has 1 fully saturated rings. The number of likely N-dealkylation sites (N-methyl/N-ethyl adjacent to an activating group) is 1. The highest BCUT2D eigenvalue weighted by Gasteiger charge is 2.43. The standard InChI is InChI=1S/C24H27N3O3/c1-16-5-8-18(9-6-16)21-22(26-13-11-25(3)12-14-26)24(29)27(23(21)28)19-15-17(2)7-10-20(19)30-4/h5-10,15H,11-14H2,1-4H3. The van der Waals surface area contributed by atoms with E-state index in [9.17, 15) is 9.59 Å². The van der Waals surface area contributed by atoms with Crippen LogP contribution in [0.15, 0.2) is 48.2 Å². The van der Waals surface area contributed by atoms with Gasteiger partial charge in [-0.3, -0.25) is 9.59 Å². The van der Waals surface area contributed by atoms with E-state index in [0.717, 1.165) is 29.8 Å². The van der Waals surface area contributed by atoms with Crippen molar-refractivity contribution >= 4 is 23.1 Å². The average Bonchev–Trinajstić information content (AvgIpc) is 2.99. The van der Waals surface area contributed by atoms with Crippen LogP contribution < -0.4 is 9.64 Å². The van der Waals surface area contributed by atoms with Crippen LogP contribution in [0.5, 0.6) is 5.75 Å². The van der Waals surface area contributed by atoms with Crippen molar-refractivity contribution in [1.29, 1.82) is 0 Å². The van der Waals surface area contributed by atoms with Gasteiger partial charge < -0.3 is 14.5 Å². The smallest absolute Gasteiger partial charge is 0.282 e. The third-order valence-corrected chi connectivity index (χ3v) is 5.79. The number of carbonyl (C=O) groups is 2. The van der Waals surface area contributed by atoms with Crippen LogP contribution in [0.2, 0.25) is 0 Å². The SMILES string of the molecule is COc1ccc(C)cc1N1C(=O)C(c2ccc(C)cc2)=C(N2CCN(C)CC2)C1=O. The molecule has 0 unspecified atom stereocenters. The molecule has 0 spiro atoms. The molecule has 0 aliphatic carbocycles. The molecule has 0 radical (unpaired) electrons. The van der Waals surface area contributed by atoms with E-state index in [1.165, 1.54) is 4.90 Å². The number of anilines is 1. The lowest BCUT2D eigenvalue weighted by Crippen LogP contribution is -2.46. The number of nitrogens with zero attached hydrogens (tertiary/aromatic N) is 3. The molecule has 0 N–H and O–H groups in total. The first-order valence-corrected chi connectivity index (χ1v) is 10.2. The van der Waals surface area contributed by atoms with Gasteiger partial charge in [-0.2, -0.15) is 0 Å². The number of benzene rings is 2. The fourth-order valence-corrected chi connectivity index (χ4v) is 4.02. The van der Waals surface area contributed by atoms with E-state index in [1.807, 2.05) is 50.2 Å². The van der Waals surface area contributed by atoms with Gasteiger partial charge in [0.25, 0.3) is 11.8 Å². The quantitative estimate of drug-likeness (QED) is 0.733. The van der Waals surface area contributed by atoms with Crippen LogP contribution in [0.1, 0.15) is 16.7 Å². The van der Waals surface area contributed by atoms with Gasteiger partial charge >= 0.3 is 0 Å². The maximum Gasteiger partial charge on any atom is 0.282 e. The zero-order valence-corrected chi connectivity index (χ0v) is 17.9. The molecule has 6 nitrogen and oxygen atoms in total. The van der Waals surface area contributed by atoms with Crippen LogP contribution in [-0.2, 0) is 9.59 Å². The second-order valence-electron chi connectivity index (χ2n) is 8.00. The molecule has 6 heteroatoms. The van der Waals surface area contributed by atoms with Crippen molar-refractivity contribution in [2.45, 2.75) is 13.8 Å². The van der Waals surface area contributed by atoms with Gasteiger partial charge in [-0.05, 0) is 44.2 Å². The number of imide groups is 1. The monoisotopic (exact) mass is 405 g/mol. The predicted molar refractivity (Wildman–Crippen MR) is 117 cm³/mol. The van der Waals surface area contributed by atoms with Crippen molar-refractivity contribution < 1.29 is 14.3 Å². The largest absolute Gasteiger partial charge is 0.495 e. The van der Waals surface area contributed by atoms with Gasteiger partial charge in [0.15, 0.2) is 0 Å². The van der Waals surface area contributed by atoms with E-state index >= 15 is 0 Å². The normalized spacial score (nSPS) is 17.9. The molecule has 2 heterocycles. The second kappa shape index (κ2) is 7.95. The Kier molecular flexibility index (Phi) is 5.35. The fraction of sp³-hybridized carbons (Fsp3) is 0.333. The first-order valence-electron chi connectivity index (χ1n) is 10.2. The van der Waals surface area contributed by atoms with E-state index in [2.05, 4.69) is 16.8 Å². The molecule has 2 amide bonds. The molecule has 0 bridgehead atoms. The second-order valence-corrected chi connectivity index (χ2v) is 8.00. The summed E-state index contributed by atoms with van der Waals surface area (Å²) in [5, 5.41) is 0. The maximum atomic E-state index is 13.7. The van der Waals surface area contributed by atoms with Crippen LogP contribution in [-0.4, -0.2) is 62.0 Å². The Morgan fingerprint density at radius 3 is 2.10 bits per heavy atom. The highest BCUT2D eigenvalue weighted by Crippen LogP contribution is 2.39. The van der Waals surface area contributed by atoms with Crippen molar-refractivity contribution in [2.24, 2.45) is 0 Å². The summed E-state index contributed by atoms with van der Waals surface area (Å²) in [5.41, 5.74) is 4.27. The van der Waals surface area contributed by atoms with Gasteiger partial charge in [-0.15, -0.1) is 0 Å². The highest BCUT2D eigenvalue weighted by atomic mass is 16.5. The van der Waals surface area contributed by atoms with Crippen molar-refractivity contribution in [3.63, 3.8) is 0 Å². The van der Waals surface area contributed by atoms with E-state index in [4.69, 9.17) is 4.74 Å². The summed E-state index contributed by atoms with van der Waals surface area (Å²) in [6.07, 6.45) is 0. The third-order valence-electron chi connectivity index (χ3n) is 5.79. The number of piperazine rings is 1. The zero-order valence-electron chi connectivity index (χ0n) is 17.9. The summed E-state index contributed by atoms with van der Waals surface area (Å²) in [4.78, 5) is 32.9. The summed E-state index contributed by atoms with van der Waals surface area (Å²) in [5.74, 6) is -0.0871. The van der Waals surface area contributed by atoms with E-state index in [1.54, 1.807) is 13.2 Å². The number of amides is 2. The Morgan fingerprint density at radius 1 is 0.833 bits per heavy atom. The number of aryl methyl sites for hydroxylation is 2. The number of carbonyl (C=O) groups excluding carboxylic acids is 2. The molecule has 0 atom stereocenters. The summed E-state index contributed by atoms with van der Waals surface area (Å²) < 4.78 is 5.48. The molecule has 2 aromatic carbocycles. The third kappa shape index (κ3) is 3.48. The highest BCUT2D eigenvalue weighted by molar-refractivity contribution is 6.45. The van der Waals surface area contributed by atoms with Gasteiger partial charge in [0, 0.05) is 26.2 Å². The van der Waals surface area contributed by atoms with Gasteiger partial charge in [0.05, 0.1) is 18.4 Å². The summed E-state index contributed by atoms with van der Waals surface area (Å²) >= 11 is 0. The number of hydrogen-bond acceptors (Lipinski definition) is 5. The van der Waals surface area contributed by atoms with Gasteiger partial charge in [-0.25, -0.2) is 4.90 Å². The van der Waals surface area contributed by atoms with Crippen molar-refractivity contribution in [3.8, 4) is 5.75 Å². The predicted octanol–water partition coefficient (Wildman–Crippen LogP) is 2.84. The summed E-state index contributed by atoms with van der Waals surface area (Å²) in [6.45, 7) is 7.05. The van der Waals surface area contributed by atoms with E-state index in [0.29, 0.717) is 35.8 Å². The molecule has 2 aromatic rings. The molecular formula is C24H27N3O3. The molecular weight excluding hydrogens is 378 g/mol.